The first kappa shape index (κ1) is 31.1. The predicted octanol–water partition coefficient (Wildman–Crippen LogP) is 10.5. The molecule has 6 aromatic rings. The normalized spacial score (nSPS) is 11.3. The number of anilines is 6. The Morgan fingerprint density at radius 1 is 0.435 bits per heavy atom. The van der Waals surface area contributed by atoms with Gasteiger partial charge in [0.05, 0.1) is 0 Å². The Morgan fingerprint density at radius 2 is 0.783 bits per heavy atom. The number of aryl methyl sites for hydroxylation is 2. The van der Waals surface area contributed by atoms with E-state index >= 15 is 0 Å². The van der Waals surface area contributed by atoms with E-state index in [-0.39, 0.29) is 0 Å². The van der Waals surface area contributed by atoms with E-state index in [4.69, 9.17) is 8.85 Å². The van der Waals surface area contributed by atoms with Gasteiger partial charge in [-0.15, -0.1) is 0 Å². The number of nitrogens with zero attached hydrogens (tertiary/aromatic N) is 2. The number of para-hydroxylation sites is 3. The van der Waals surface area contributed by atoms with E-state index in [9.17, 15) is 0 Å². The van der Waals surface area contributed by atoms with Crippen molar-refractivity contribution < 1.29 is 8.85 Å². The highest BCUT2D eigenvalue weighted by molar-refractivity contribution is 6.79. The van der Waals surface area contributed by atoms with E-state index in [1.807, 2.05) is 0 Å². The van der Waals surface area contributed by atoms with Crippen molar-refractivity contribution in [1.82, 2.24) is 0 Å². The maximum absolute atomic E-state index is 5.79. The van der Waals surface area contributed by atoms with Crippen LogP contribution in [-0.2, 0) is 8.85 Å². The van der Waals surface area contributed by atoms with Gasteiger partial charge in [-0.3, -0.25) is 0 Å². The average molecular weight is 621 g/mol. The first-order valence-corrected chi connectivity index (χ1v) is 17.9. The van der Waals surface area contributed by atoms with Gasteiger partial charge in [0, 0.05) is 48.3 Å². The molecule has 0 saturated heterocycles. The summed E-state index contributed by atoms with van der Waals surface area (Å²) in [5.41, 5.74) is 11.5. The molecule has 0 aliphatic carbocycles. The molecule has 0 saturated carbocycles. The first-order chi connectivity index (χ1) is 22.4. The molecule has 0 aromatic heterocycles. The van der Waals surface area contributed by atoms with Crippen molar-refractivity contribution in [2.45, 2.75) is 20.4 Å². The van der Waals surface area contributed by atoms with Crippen LogP contribution >= 0.6 is 0 Å². The highest BCUT2D eigenvalue weighted by Crippen LogP contribution is 2.40. The van der Waals surface area contributed by atoms with Crippen LogP contribution < -0.4 is 15.0 Å². The van der Waals surface area contributed by atoms with E-state index in [1.165, 1.54) is 22.3 Å². The van der Waals surface area contributed by atoms with Gasteiger partial charge in [0.25, 0.3) is 0 Å². The number of benzene rings is 6. The molecule has 6 rings (SSSR count). The summed E-state index contributed by atoms with van der Waals surface area (Å²) in [6.07, 6.45) is 0. The Bertz CT molecular complexity index is 1850. The van der Waals surface area contributed by atoms with Crippen molar-refractivity contribution >= 4 is 47.9 Å². The fourth-order valence-corrected chi connectivity index (χ4v) is 7.40. The van der Waals surface area contributed by atoms with Crippen LogP contribution in [0.2, 0.25) is 6.55 Å². The molecule has 0 radical (unpaired) electrons. The Kier molecular flexibility index (Phi) is 9.17. The van der Waals surface area contributed by atoms with Gasteiger partial charge >= 0.3 is 8.56 Å². The summed E-state index contributed by atoms with van der Waals surface area (Å²) in [7, 11) is 1.03. The van der Waals surface area contributed by atoms with Crippen molar-refractivity contribution in [2.75, 3.05) is 24.0 Å². The van der Waals surface area contributed by atoms with Gasteiger partial charge in [-0.2, -0.15) is 0 Å². The minimum absolute atomic E-state index is 1.08. The molecule has 4 nitrogen and oxygen atoms in total. The first-order valence-electron chi connectivity index (χ1n) is 15.6. The lowest BCUT2D eigenvalue weighted by atomic mass is 9.98. The molecule has 0 atom stereocenters. The van der Waals surface area contributed by atoms with Gasteiger partial charge in [0.1, 0.15) is 0 Å². The molecular weight excluding hydrogens is 581 g/mol. The van der Waals surface area contributed by atoms with Crippen LogP contribution in [0.15, 0.2) is 152 Å². The molecular formula is C41H40N2O2Si. The molecule has 0 fully saturated rings. The zero-order valence-electron chi connectivity index (χ0n) is 27.1. The zero-order chi connectivity index (χ0) is 32.1. The summed E-state index contributed by atoms with van der Waals surface area (Å²) in [6, 6.07) is 53.7. The minimum atomic E-state index is -2.42. The molecule has 0 N–H and O–H groups in total. The van der Waals surface area contributed by atoms with Gasteiger partial charge in [-0.05, 0) is 121 Å². The summed E-state index contributed by atoms with van der Waals surface area (Å²) in [4.78, 5) is 4.63. The fraction of sp³-hybridized carbons (Fsp3) is 0.122. The second kappa shape index (κ2) is 13.6. The molecule has 5 heteroatoms. The summed E-state index contributed by atoms with van der Waals surface area (Å²) >= 11 is 0. The lowest BCUT2D eigenvalue weighted by Gasteiger charge is -2.29. The third-order valence-electron chi connectivity index (χ3n) is 8.68. The number of rotatable bonds is 10. The Labute approximate surface area is 274 Å². The molecule has 46 heavy (non-hydrogen) atoms. The molecule has 0 unspecified atom stereocenters. The van der Waals surface area contributed by atoms with Crippen molar-refractivity contribution in [2.24, 2.45) is 0 Å². The SMILES string of the molecule is CO[Si](C)(OC)c1ccc(N(c2ccccc2)c2ccc(-c3ccc(N(c4ccccc4)c4ccccc4)c(C)c3)cc2C)cc1. The summed E-state index contributed by atoms with van der Waals surface area (Å²) in [5.74, 6) is 0. The van der Waals surface area contributed by atoms with Crippen LogP contribution in [0.5, 0.6) is 0 Å². The monoisotopic (exact) mass is 620 g/mol. The molecule has 0 spiro atoms. The van der Waals surface area contributed by atoms with E-state index in [1.54, 1.807) is 14.2 Å². The van der Waals surface area contributed by atoms with Crippen LogP contribution in [-0.4, -0.2) is 22.8 Å². The lowest BCUT2D eigenvalue weighted by Crippen LogP contribution is -2.49. The standard InChI is InChI=1S/C41H40N2O2Si/c1-31-29-33(21-27-40(31)42(35-15-9-6-10-16-35)36-17-11-7-12-18-36)34-22-28-41(32(2)30-34)43(37-19-13-8-14-20-37)38-23-25-39(26-24-38)46(5,44-3)45-4/h6-30H,1-5H3. The second-order valence-electron chi connectivity index (χ2n) is 11.6. The van der Waals surface area contributed by atoms with E-state index in [2.05, 4.69) is 182 Å². The second-order valence-corrected chi connectivity index (χ2v) is 14.9. The number of hydrogen-bond acceptors (Lipinski definition) is 4. The Morgan fingerprint density at radius 3 is 1.11 bits per heavy atom. The van der Waals surface area contributed by atoms with Crippen LogP contribution in [0, 0.1) is 13.8 Å². The third kappa shape index (κ3) is 6.26. The van der Waals surface area contributed by atoms with Crippen LogP contribution in [0.3, 0.4) is 0 Å². The molecule has 0 amide bonds. The summed E-state index contributed by atoms with van der Waals surface area (Å²) in [6.45, 7) is 6.45. The number of hydrogen-bond donors (Lipinski definition) is 0. The smallest absolute Gasteiger partial charge is 0.368 e. The van der Waals surface area contributed by atoms with Crippen molar-refractivity contribution in [1.29, 1.82) is 0 Å². The van der Waals surface area contributed by atoms with E-state index in [0.717, 1.165) is 39.3 Å². The molecule has 6 aromatic carbocycles. The largest absolute Gasteiger partial charge is 0.394 e. The zero-order valence-corrected chi connectivity index (χ0v) is 28.1. The molecule has 0 aliphatic heterocycles. The maximum atomic E-state index is 5.79. The molecule has 0 heterocycles. The predicted molar refractivity (Wildman–Crippen MR) is 196 cm³/mol. The van der Waals surface area contributed by atoms with Gasteiger partial charge in [-0.25, -0.2) is 0 Å². The van der Waals surface area contributed by atoms with Crippen molar-refractivity contribution in [3.8, 4) is 11.1 Å². The maximum Gasteiger partial charge on any atom is 0.368 e. The van der Waals surface area contributed by atoms with Crippen LogP contribution in [0.1, 0.15) is 11.1 Å². The average Bonchev–Trinajstić information content (AvgIpc) is 3.11. The highest BCUT2D eigenvalue weighted by Gasteiger charge is 2.31. The van der Waals surface area contributed by atoms with Crippen molar-refractivity contribution in [3.63, 3.8) is 0 Å². The quantitative estimate of drug-likeness (QED) is 0.142. The Balaban J connectivity index is 1.36. The van der Waals surface area contributed by atoms with Gasteiger partial charge in [-0.1, -0.05) is 78.9 Å². The summed E-state index contributed by atoms with van der Waals surface area (Å²) < 4.78 is 11.6. The fourth-order valence-electron chi connectivity index (χ4n) is 5.99. The minimum Gasteiger partial charge on any atom is -0.394 e. The Hall–Kier alpha value is -4.94. The lowest BCUT2D eigenvalue weighted by molar-refractivity contribution is 0.265. The van der Waals surface area contributed by atoms with Gasteiger partial charge in [0.15, 0.2) is 0 Å². The van der Waals surface area contributed by atoms with Crippen molar-refractivity contribution in [3.05, 3.63) is 163 Å². The van der Waals surface area contributed by atoms with Crippen LogP contribution in [0.25, 0.3) is 11.1 Å². The topological polar surface area (TPSA) is 24.9 Å². The molecule has 0 bridgehead atoms. The van der Waals surface area contributed by atoms with E-state index < -0.39 is 8.56 Å². The van der Waals surface area contributed by atoms with Gasteiger partial charge in [0.2, 0.25) is 0 Å². The summed E-state index contributed by atoms with van der Waals surface area (Å²) in [5, 5.41) is 1.10. The van der Waals surface area contributed by atoms with E-state index in [0.29, 0.717) is 0 Å². The highest BCUT2D eigenvalue weighted by atomic mass is 28.4. The third-order valence-corrected chi connectivity index (χ3v) is 11.6. The molecule has 230 valence electrons. The van der Waals surface area contributed by atoms with Gasteiger partial charge < -0.3 is 18.7 Å². The molecule has 0 aliphatic rings. The van der Waals surface area contributed by atoms with Crippen LogP contribution in [0.4, 0.5) is 34.1 Å².